The van der Waals surface area contributed by atoms with Gasteiger partial charge >= 0.3 is 0 Å². The van der Waals surface area contributed by atoms with Gasteiger partial charge in [-0.05, 0) is 36.3 Å². The number of benzene rings is 1. The molecule has 2 atom stereocenters. The number of thiazole rings is 1. The molecule has 1 aromatic carbocycles. The van der Waals surface area contributed by atoms with Crippen LogP contribution in [0.5, 0.6) is 0 Å². The highest BCUT2D eigenvalue weighted by molar-refractivity contribution is 7.13. The van der Waals surface area contributed by atoms with Crippen molar-refractivity contribution in [2.45, 2.75) is 59.2 Å². The number of likely N-dealkylation sites (tertiary alicyclic amines) is 1. The molecule has 6 nitrogen and oxygen atoms in total. The van der Waals surface area contributed by atoms with Gasteiger partial charge in [0, 0.05) is 13.1 Å². The van der Waals surface area contributed by atoms with Gasteiger partial charge in [-0.1, -0.05) is 45.0 Å². The summed E-state index contributed by atoms with van der Waals surface area (Å²) in [5, 5.41) is 2.99. The Morgan fingerprint density at radius 1 is 1.31 bits per heavy atom. The van der Waals surface area contributed by atoms with Crippen LogP contribution in [-0.2, 0) is 16.1 Å². The summed E-state index contributed by atoms with van der Waals surface area (Å²) >= 11 is 1.62. The SMILES string of the molecule is Cc1ncsc1-c1ccc(CNC(=O)[C@@H]2CCCN2C(=O)[C@@H](N)C(C)(C)C)cc1. The predicted molar refractivity (Wildman–Crippen MR) is 116 cm³/mol. The van der Waals surface area contributed by atoms with Crippen molar-refractivity contribution in [1.29, 1.82) is 0 Å². The van der Waals surface area contributed by atoms with Crippen molar-refractivity contribution in [1.82, 2.24) is 15.2 Å². The van der Waals surface area contributed by atoms with Crippen molar-refractivity contribution in [3.8, 4) is 10.4 Å². The normalized spacial score (nSPS) is 18.0. The van der Waals surface area contributed by atoms with Gasteiger partial charge in [-0.25, -0.2) is 4.98 Å². The Kier molecular flexibility index (Phi) is 6.39. The maximum absolute atomic E-state index is 12.8. The number of hydrogen-bond acceptors (Lipinski definition) is 5. The summed E-state index contributed by atoms with van der Waals surface area (Å²) in [6, 6.07) is 7.09. The van der Waals surface area contributed by atoms with Crippen molar-refractivity contribution in [3.63, 3.8) is 0 Å². The lowest BCUT2D eigenvalue weighted by Crippen LogP contribution is -2.54. The van der Waals surface area contributed by atoms with Crippen molar-refractivity contribution in [3.05, 3.63) is 41.0 Å². The number of aromatic nitrogens is 1. The molecule has 0 saturated carbocycles. The van der Waals surface area contributed by atoms with E-state index >= 15 is 0 Å². The van der Waals surface area contributed by atoms with Gasteiger partial charge in [-0.15, -0.1) is 11.3 Å². The molecule has 1 saturated heterocycles. The first-order valence-electron chi connectivity index (χ1n) is 10.0. The maximum Gasteiger partial charge on any atom is 0.243 e. The van der Waals surface area contributed by atoms with Crippen LogP contribution in [0.4, 0.5) is 0 Å². The summed E-state index contributed by atoms with van der Waals surface area (Å²) in [5.74, 6) is -0.251. The lowest BCUT2D eigenvalue weighted by Gasteiger charge is -2.32. The minimum atomic E-state index is -0.612. The van der Waals surface area contributed by atoms with Gasteiger partial charge in [0.15, 0.2) is 0 Å². The molecule has 1 aromatic heterocycles. The summed E-state index contributed by atoms with van der Waals surface area (Å²) in [4.78, 5) is 32.6. The van der Waals surface area contributed by atoms with E-state index in [1.54, 1.807) is 16.2 Å². The fraction of sp³-hybridized carbons (Fsp3) is 0.500. The van der Waals surface area contributed by atoms with E-state index in [9.17, 15) is 9.59 Å². The molecular weight excluding hydrogens is 384 g/mol. The van der Waals surface area contributed by atoms with E-state index in [0.717, 1.165) is 28.1 Å². The monoisotopic (exact) mass is 414 g/mol. The van der Waals surface area contributed by atoms with Crippen LogP contribution in [0, 0.1) is 12.3 Å². The van der Waals surface area contributed by atoms with E-state index < -0.39 is 12.1 Å². The molecule has 0 unspecified atom stereocenters. The first kappa shape index (κ1) is 21.5. The minimum absolute atomic E-state index is 0.112. The number of amides is 2. The third-order valence-electron chi connectivity index (χ3n) is 5.47. The molecule has 2 aromatic rings. The molecule has 0 spiro atoms. The molecule has 2 heterocycles. The first-order chi connectivity index (χ1) is 13.7. The van der Waals surface area contributed by atoms with Gasteiger partial charge in [0.1, 0.15) is 6.04 Å². The van der Waals surface area contributed by atoms with Crippen molar-refractivity contribution in [2.24, 2.45) is 11.1 Å². The average Bonchev–Trinajstić information content (AvgIpc) is 3.33. The Hall–Kier alpha value is -2.25. The summed E-state index contributed by atoms with van der Waals surface area (Å²) in [5.41, 5.74) is 10.8. The highest BCUT2D eigenvalue weighted by Gasteiger charge is 2.39. The largest absolute Gasteiger partial charge is 0.350 e. The average molecular weight is 415 g/mol. The van der Waals surface area contributed by atoms with E-state index in [0.29, 0.717) is 19.5 Å². The highest BCUT2D eigenvalue weighted by atomic mass is 32.1. The molecule has 0 aliphatic carbocycles. The fourth-order valence-corrected chi connectivity index (χ4v) is 4.32. The topological polar surface area (TPSA) is 88.3 Å². The van der Waals surface area contributed by atoms with E-state index in [-0.39, 0.29) is 17.2 Å². The van der Waals surface area contributed by atoms with Crippen LogP contribution in [0.15, 0.2) is 29.8 Å². The molecule has 1 aliphatic heterocycles. The Bertz CT molecular complexity index is 870. The summed E-state index contributed by atoms with van der Waals surface area (Å²) in [6.07, 6.45) is 1.50. The standard InChI is InChI=1S/C22H30N4O2S/c1-14-18(29-13-25-14)16-9-7-15(8-10-16)12-24-20(27)17-6-5-11-26(17)21(28)19(23)22(2,3)4/h7-10,13,17,19H,5-6,11-12,23H2,1-4H3,(H,24,27)/t17-,19+/m0/s1. The van der Waals surface area contributed by atoms with E-state index in [1.807, 2.05) is 45.3 Å². The molecule has 7 heteroatoms. The smallest absolute Gasteiger partial charge is 0.243 e. The van der Waals surface area contributed by atoms with Gasteiger partial charge in [0.05, 0.1) is 22.1 Å². The molecule has 3 rings (SSSR count). The van der Waals surface area contributed by atoms with Crippen molar-refractivity contribution in [2.75, 3.05) is 6.54 Å². The molecule has 0 bridgehead atoms. The zero-order valence-corrected chi connectivity index (χ0v) is 18.4. The number of nitrogens with zero attached hydrogens (tertiary/aromatic N) is 2. The zero-order chi connectivity index (χ0) is 21.2. The number of rotatable bonds is 5. The minimum Gasteiger partial charge on any atom is -0.350 e. The number of carbonyl (C=O) groups is 2. The van der Waals surface area contributed by atoms with Crippen LogP contribution in [0.3, 0.4) is 0 Å². The summed E-state index contributed by atoms with van der Waals surface area (Å²) in [6.45, 7) is 8.85. The van der Waals surface area contributed by atoms with Crippen LogP contribution >= 0.6 is 11.3 Å². The molecule has 1 fully saturated rings. The highest BCUT2D eigenvalue weighted by Crippen LogP contribution is 2.27. The van der Waals surface area contributed by atoms with Gasteiger partial charge in [-0.2, -0.15) is 0 Å². The Morgan fingerprint density at radius 2 is 2.00 bits per heavy atom. The first-order valence-corrected chi connectivity index (χ1v) is 10.9. The molecular formula is C22H30N4O2S. The van der Waals surface area contributed by atoms with Gasteiger partial charge in [-0.3, -0.25) is 9.59 Å². The zero-order valence-electron chi connectivity index (χ0n) is 17.6. The molecule has 2 amide bonds. The second-order valence-electron chi connectivity index (χ2n) is 8.71. The number of nitrogens with one attached hydrogen (secondary N) is 1. The van der Waals surface area contributed by atoms with Crippen LogP contribution in [-0.4, -0.2) is 40.3 Å². The van der Waals surface area contributed by atoms with Crippen LogP contribution in [0.1, 0.15) is 44.9 Å². The Labute approximate surface area is 176 Å². The number of hydrogen-bond donors (Lipinski definition) is 2. The molecule has 29 heavy (non-hydrogen) atoms. The molecule has 3 N–H and O–H groups in total. The van der Waals surface area contributed by atoms with E-state index in [2.05, 4.69) is 22.4 Å². The lowest BCUT2D eigenvalue weighted by molar-refractivity contribution is -0.141. The molecule has 156 valence electrons. The summed E-state index contributed by atoms with van der Waals surface area (Å²) in [7, 11) is 0. The quantitative estimate of drug-likeness (QED) is 0.787. The van der Waals surface area contributed by atoms with Crippen molar-refractivity contribution >= 4 is 23.2 Å². The van der Waals surface area contributed by atoms with Crippen LogP contribution in [0.25, 0.3) is 10.4 Å². The third-order valence-corrected chi connectivity index (χ3v) is 6.44. The second-order valence-corrected chi connectivity index (χ2v) is 9.57. The van der Waals surface area contributed by atoms with E-state index in [4.69, 9.17) is 5.73 Å². The number of aryl methyl sites for hydroxylation is 1. The van der Waals surface area contributed by atoms with Crippen LogP contribution in [0.2, 0.25) is 0 Å². The van der Waals surface area contributed by atoms with Crippen LogP contribution < -0.4 is 11.1 Å². The summed E-state index contributed by atoms with van der Waals surface area (Å²) < 4.78 is 0. The van der Waals surface area contributed by atoms with Gasteiger partial charge < -0.3 is 16.0 Å². The number of nitrogens with two attached hydrogens (primary N) is 1. The Balaban J connectivity index is 1.60. The predicted octanol–water partition coefficient (Wildman–Crippen LogP) is 3.10. The maximum atomic E-state index is 12.8. The van der Waals surface area contributed by atoms with Gasteiger partial charge in [0.25, 0.3) is 0 Å². The third kappa shape index (κ3) is 4.85. The number of carbonyl (C=O) groups excluding carboxylic acids is 2. The fourth-order valence-electron chi connectivity index (χ4n) is 3.51. The molecule has 1 aliphatic rings. The van der Waals surface area contributed by atoms with Crippen molar-refractivity contribution < 1.29 is 9.59 Å². The van der Waals surface area contributed by atoms with E-state index in [1.165, 1.54) is 0 Å². The molecule has 0 radical (unpaired) electrons. The Morgan fingerprint density at radius 3 is 2.59 bits per heavy atom. The second kappa shape index (κ2) is 8.63. The van der Waals surface area contributed by atoms with Gasteiger partial charge in [0.2, 0.25) is 11.8 Å². The lowest BCUT2D eigenvalue weighted by atomic mass is 9.86.